The van der Waals surface area contributed by atoms with Gasteiger partial charge in [0.2, 0.25) is 5.91 Å². The molecule has 3 heteroatoms. The van der Waals surface area contributed by atoms with Crippen LogP contribution in [0.3, 0.4) is 0 Å². The monoisotopic (exact) mass is 200 g/mol. The molecule has 0 aromatic rings. The number of nitrogens with zero attached hydrogens (tertiary/aromatic N) is 1. The number of rotatable bonds is 5. The maximum Gasteiger partial charge on any atom is 0.227 e. The fourth-order valence-electron chi connectivity index (χ4n) is 1.17. The Bertz CT molecular complexity index is 188. The van der Waals surface area contributed by atoms with Crippen molar-refractivity contribution in [3.05, 3.63) is 0 Å². The topological polar surface area (TPSA) is 46.3 Å². The van der Waals surface area contributed by atoms with Crippen LogP contribution in [0.15, 0.2) is 0 Å². The molecule has 0 aliphatic carbocycles. The first-order chi connectivity index (χ1) is 6.31. The van der Waals surface area contributed by atoms with E-state index in [1.54, 1.807) is 4.90 Å². The van der Waals surface area contributed by atoms with E-state index in [0.29, 0.717) is 0 Å². The summed E-state index contributed by atoms with van der Waals surface area (Å²) in [5.41, 5.74) is 5.40. The van der Waals surface area contributed by atoms with Crippen molar-refractivity contribution in [1.29, 1.82) is 0 Å². The summed E-state index contributed by atoms with van der Waals surface area (Å²) in [5, 5.41) is 0. The molecule has 2 N–H and O–H groups in total. The molecule has 3 nitrogen and oxygen atoms in total. The first kappa shape index (κ1) is 13.4. The number of carbonyl (C=O) groups excluding carboxylic acids is 1. The van der Waals surface area contributed by atoms with Crippen molar-refractivity contribution in [2.24, 2.45) is 11.1 Å². The molecule has 14 heavy (non-hydrogen) atoms. The Hall–Kier alpha value is -0.570. The minimum absolute atomic E-state index is 0.162. The summed E-state index contributed by atoms with van der Waals surface area (Å²) >= 11 is 0. The quantitative estimate of drug-likeness (QED) is 0.733. The third-order valence-corrected chi connectivity index (χ3v) is 2.73. The predicted octanol–water partition coefficient (Wildman–Crippen LogP) is 1.62. The first-order valence-electron chi connectivity index (χ1n) is 5.32. The summed E-state index contributed by atoms with van der Waals surface area (Å²) in [7, 11) is 1.85. The van der Waals surface area contributed by atoms with Crippen LogP contribution in [0.1, 0.15) is 40.5 Å². The molecule has 0 bridgehead atoms. The molecule has 0 heterocycles. The Morgan fingerprint density at radius 3 is 2.36 bits per heavy atom. The van der Waals surface area contributed by atoms with E-state index in [4.69, 9.17) is 5.73 Å². The van der Waals surface area contributed by atoms with E-state index >= 15 is 0 Å². The molecule has 0 saturated carbocycles. The van der Waals surface area contributed by atoms with E-state index in [0.717, 1.165) is 19.4 Å². The van der Waals surface area contributed by atoms with Gasteiger partial charge >= 0.3 is 0 Å². The van der Waals surface area contributed by atoms with Gasteiger partial charge in [0.05, 0.1) is 0 Å². The largest absolute Gasteiger partial charge is 0.345 e. The molecule has 84 valence electrons. The summed E-state index contributed by atoms with van der Waals surface area (Å²) < 4.78 is 0. The number of nitrogens with two attached hydrogens (primary N) is 1. The van der Waals surface area contributed by atoms with Crippen molar-refractivity contribution in [2.75, 3.05) is 13.6 Å². The molecule has 0 aromatic heterocycles. The van der Waals surface area contributed by atoms with Crippen molar-refractivity contribution in [3.63, 3.8) is 0 Å². The van der Waals surface area contributed by atoms with Gasteiger partial charge < -0.3 is 10.6 Å². The predicted molar refractivity (Wildman–Crippen MR) is 60.0 cm³/mol. The summed E-state index contributed by atoms with van der Waals surface area (Å²) in [6.45, 7) is 8.72. The Morgan fingerprint density at radius 2 is 2.00 bits per heavy atom. The lowest BCUT2D eigenvalue weighted by Crippen LogP contribution is -2.39. The average molecular weight is 200 g/mol. The van der Waals surface area contributed by atoms with E-state index in [1.807, 2.05) is 34.7 Å². The molecule has 1 atom stereocenters. The van der Waals surface area contributed by atoms with Crippen LogP contribution in [0.5, 0.6) is 0 Å². The summed E-state index contributed by atoms with van der Waals surface area (Å²) in [6, 6.07) is 0.162. The SMILES string of the molecule is CCC(C)(C)C(=O)N(C)CCC(C)N. The molecular formula is C11H24N2O. The highest BCUT2D eigenvalue weighted by Crippen LogP contribution is 2.22. The van der Waals surface area contributed by atoms with Crippen molar-refractivity contribution in [3.8, 4) is 0 Å². The first-order valence-corrected chi connectivity index (χ1v) is 5.32. The minimum atomic E-state index is -0.243. The van der Waals surface area contributed by atoms with Gasteiger partial charge in [-0.2, -0.15) is 0 Å². The molecule has 0 aliphatic heterocycles. The third kappa shape index (κ3) is 4.09. The highest BCUT2D eigenvalue weighted by molar-refractivity contribution is 5.81. The van der Waals surface area contributed by atoms with Gasteiger partial charge in [-0.25, -0.2) is 0 Å². The second-order valence-electron chi connectivity index (χ2n) is 4.73. The van der Waals surface area contributed by atoms with Crippen LogP contribution >= 0.6 is 0 Å². The molecule has 0 aliphatic rings. The molecule has 0 spiro atoms. The highest BCUT2D eigenvalue weighted by Gasteiger charge is 2.27. The van der Waals surface area contributed by atoms with Gasteiger partial charge in [-0.3, -0.25) is 4.79 Å². The van der Waals surface area contributed by atoms with Crippen LogP contribution in [0.25, 0.3) is 0 Å². The Labute approximate surface area is 87.6 Å². The van der Waals surface area contributed by atoms with Gasteiger partial charge in [0.1, 0.15) is 0 Å². The summed E-state index contributed by atoms with van der Waals surface area (Å²) in [5.74, 6) is 0.209. The van der Waals surface area contributed by atoms with Crippen LogP contribution in [0.4, 0.5) is 0 Å². The fraction of sp³-hybridized carbons (Fsp3) is 0.909. The molecule has 1 amide bonds. The zero-order valence-electron chi connectivity index (χ0n) is 10.1. The molecule has 0 aromatic carbocycles. The van der Waals surface area contributed by atoms with Gasteiger partial charge in [0, 0.05) is 25.0 Å². The van der Waals surface area contributed by atoms with Crippen molar-refractivity contribution < 1.29 is 4.79 Å². The van der Waals surface area contributed by atoms with E-state index in [9.17, 15) is 4.79 Å². The van der Waals surface area contributed by atoms with Gasteiger partial charge in [-0.05, 0) is 19.8 Å². The van der Waals surface area contributed by atoms with Gasteiger partial charge in [-0.15, -0.1) is 0 Å². The zero-order chi connectivity index (χ0) is 11.4. The van der Waals surface area contributed by atoms with Crippen LogP contribution in [0, 0.1) is 5.41 Å². The summed E-state index contributed by atoms with van der Waals surface area (Å²) in [4.78, 5) is 13.7. The Kier molecular flexibility index (Phi) is 5.13. The summed E-state index contributed by atoms with van der Waals surface area (Å²) in [6.07, 6.45) is 1.73. The maximum absolute atomic E-state index is 11.9. The van der Waals surface area contributed by atoms with Crippen LogP contribution < -0.4 is 5.73 Å². The number of hydrogen-bond acceptors (Lipinski definition) is 2. The van der Waals surface area contributed by atoms with Crippen LogP contribution in [-0.2, 0) is 4.79 Å². The third-order valence-electron chi connectivity index (χ3n) is 2.73. The second-order valence-corrected chi connectivity index (χ2v) is 4.73. The van der Waals surface area contributed by atoms with Crippen molar-refractivity contribution in [2.45, 2.75) is 46.6 Å². The Balaban J connectivity index is 4.12. The molecule has 0 fully saturated rings. The zero-order valence-corrected chi connectivity index (χ0v) is 10.1. The average Bonchev–Trinajstić information content (AvgIpc) is 2.12. The number of hydrogen-bond donors (Lipinski definition) is 1. The van der Waals surface area contributed by atoms with Gasteiger partial charge in [-0.1, -0.05) is 20.8 Å². The van der Waals surface area contributed by atoms with Crippen molar-refractivity contribution in [1.82, 2.24) is 4.90 Å². The lowest BCUT2D eigenvalue weighted by molar-refractivity contribution is -0.139. The van der Waals surface area contributed by atoms with E-state index in [1.165, 1.54) is 0 Å². The van der Waals surface area contributed by atoms with E-state index in [2.05, 4.69) is 0 Å². The van der Waals surface area contributed by atoms with Gasteiger partial charge in [0.25, 0.3) is 0 Å². The molecule has 0 radical (unpaired) electrons. The number of carbonyl (C=O) groups is 1. The number of amides is 1. The lowest BCUT2D eigenvalue weighted by Gasteiger charge is -2.28. The lowest BCUT2D eigenvalue weighted by atomic mass is 9.88. The molecule has 1 unspecified atom stereocenters. The second kappa shape index (κ2) is 5.35. The molecule has 0 saturated heterocycles. The van der Waals surface area contributed by atoms with Gasteiger partial charge in [0.15, 0.2) is 0 Å². The highest BCUT2D eigenvalue weighted by atomic mass is 16.2. The van der Waals surface area contributed by atoms with Crippen LogP contribution in [-0.4, -0.2) is 30.4 Å². The van der Waals surface area contributed by atoms with E-state index < -0.39 is 0 Å². The normalized spacial score (nSPS) is 13.9. The van der Waals surface area contributed by atoms with Crippen molar-refractivity contribution >= 4 is 5.91 Å². The Morgan fingerprint density at radius 1 is 1.50 bits per heavy atom. The fourth-order valence-corrected chi connectivity index (χ4v) is 1.17. The molecular weight excluding hydrogens is 176 g/mol. The standard InChI is InChI=1S/C11H24N2O/c1-6-11(3,4)10(14)13(5)8-7-9(2)12/h9H,6-8,12H2,1-5H3. The smallest absolute Gasteiger partial charge is 0.227 e. The molecule has 0 rings (SSSR count). The minimum Gasteiger partial charge on any atom is -0.345 e. The van der Waals surface area contributed by atoms with Crippen LogP contribution in [0.2, 0.25) is 0 Å². The van der Waals surface area contributed by atoms with E-state index in [-0.39, 0.29) is 17.4 Å². The maximum atomic E-state index is 11.9.